The van der Waals surface area contributed by atoms with Crippen LogP contribution in [0.2, 0.25) is 0 Å². The van der Waals surface area contributed by atoms with Crippen molar-refractivity contribution in [3.8, 4) is 17.0 Å². The van der Waals surface area contributed by atoms with Crippen LogP contribution in [-0.2, 0) is 7.05 Å². The minimum absolute atomic E-state index is 0.497. The molecule has 0 aliphatic carbocycles. The van der Waals surface area contributed by atoms with E-state index < -0.39 is 0 Å². The fraction of sp³-hybridized carbons (Fsp3) is 0.227. The van der Waals surface area contributed by atoms with Crippen molar-refractivity contribution in [3.63, 3.8) is 0 Å². The number of nitrogens with two attached hydrogens (primary N) is 1. The Morgan fingerprint density at radius 2 is 2.07 bits per heavy atom. The van der Waals surface area contributed by atoms with Gasteiger partial charge < -0.3 is 24.9 Å². The van der Waals surface area contributed by atoms with Crippen LogP contribution in [0.5, 0.6) is 5.75 Å². The number of ether oxygens (including phenoxy) is 1. The van der Waals surface area contributed by atoms with Crippen molar-refractivity contribution >= 4 is 28.6 Å². The third kappa shape index (κ3) is 2.49. The first kappa shape index (κ1) is 16.9. The number of aromatic amines is 1. The molecule has 2 aliphatic rings. The van der Waals surface area contributed by atoms with Crippen LogP contribution in [0.4, 0.5) is 11.5 Å². The molecule has 4 heterocycles. The van der Waals surface area contributed by atoms with Gasteiger partial charge in [-0.15, -0.1) is 0 Å². The van der Waals surface area contributed by atoms with E-state index in [-0.39, 0.29) is 0 Å². The highest BCUT2D eigenvalue weighted by atomic mass is 16.5. The summed E-state index contributed by atoms with van der Waals surface area (Å²) in [6.45, 7) is 0.497. The summed E-state index contributed by atoms with van der Waals surface area (Å²) in [6, 6.07) is 8.32. The summed E-state index contributed by atoms with van der Waals surface area (Å²) in [5, 5.41) is 1.14. The van der Waals surface area contributed by atoms with Gasteiger partial charge in [-0.3, -0.25) is 0 Å². The second-order valence-corrected chi connectivity index (χ2v) is 7.15. The number of hydrogen-bond donors (Lipinski definition) is 2. The van der Waals surface area contributed by atoms with Crippen molar-refractivity contribution in [3.05, 3.63) is 54.0 Å². The number of anilines is 1. The second-order valence-electron chi connectivity index (χ2n) is 7.15. The van der Waals surface area contributed by atoms with E-state index >= 15 is 0 Å². The molecule has 0 radical (unpaired) electrons. The zero-order chi connectivity index (χ0) is 19.3. The number of aliphatic imine (C=N–C) groups is 1. The van der Waals surface area contributed by atoms with E-state index in [1.807, 2.05) is 12.3 Å². The molecule has 0 amide bonds. The number of aryl methyl sites for hydroxylation is 1. The number of rotatable bonds is 3. The summed E-state index contributed by atoms with van der Waals surface area (Å²) in [4.78, 5) is 10.4. The molecule has 0 bridgehead atoms. The zero-order valence-corrected chi connectivity index (χ0v) is 16.1. The van der Waals surface area contributed by atoms with E-state index in [0.717, 1.165) is 63.7 Å². The van der Waals surface area contributed by atoms with Gasteiger partial charge in [0.05, 0.1) is 30.4 Å². The summed E-state index contributed by atoms with van der Waals surface area (Å²) in [5.74, 6) is 1.70. The number of hydrogen-bond acceptors (Lipinski definition) is 4. The lowest BCUT2D eigenvalue weighted by Gasteiger charge is -2.28. The molecule has 3 aromatic rings. The smallest absolute Gasteiger partial charge is 0.154 e. The molecule has 2 aromatic heterocycles. The maximum atomic E-state index is 6.06. The number of nitrogens with one attached hydrogen (secondary N) is 1. The molecule has 0 saturated carbocycles. The molecular formula is C22H23N5O. The topological polar surface area (TPSA) is 71.6 Å². The maximum absolute atomic E-state index is 6.06. The predicted molar refractivity (Wildman–Crippen MR) is 114 cm³/mol. The van der Waals surface area contributed by atoms with Crippen LogP contribution >= 0.6 is 0 Å². The van der Waals surface area contributed by atoms with E-state index in [1.54, 1.807) is 7.11 Å². The first-order valence-electron chi connectivity index (χ1n) is 9.49. The molecule has 0 fully saturated rings. The van der Waals surface area contributed by atoms with Gasteiger partial charge in [-0.1, -0.05) is 12.2 Å². The average molecular weight is 373 g/mol. The van der Waals surface area contributed by atoms with Crippen molar-refractivity contribution in [2.75, 3.05) is 18.6 Å². The normalized spacial score (nSPS) is 15.8. The van der Waals surface area contributed by atoms with Crippen molar-refractivity contribution < 1.29 is 4.74 Å². The summed E-state index contributed by atoms with van der Waals surface area (Å²) < 4.78 is 7.57. The first-order valence-corrected chi connectivity index (χ1v) is 9.49. The van der Waals surface area contributed by atoms with Gasteiger partial charge in [-0.05, 0) is 37.1 Å². The number of methoxy groups -OCH3 is 1. The molecule has 0 saturated heterocycles. The van der Waals surface area contributed by atoms with Crippen LogP contribution < -0.4 is 15.4 Å². The highest BCUT2D eigenvalue weighted by Gasteiger charge is 2.26. The number of aromatic nitrogens is 2. The predicted octanol–water partition coefficient (Wildman–Crippen LogP) is 4.22. The van der Waals surface area contributed by atoms with E-state index in [1.165, 1.54) is 0 Å². The van der Waals surface area contributed by atoms with E-state index in [2.05, 4.69) is 63.0 Å². The molecule has 2 aliphatic heterocycles. The molecule has 0 spiro atoms. The Hall–Kier alpha value is -3.25. The van der Waals surface area contributed by atoms with Crippen LogP contribution in [0, 0.1) is 0 Å². The molecule has 1 aromatic carbocycles. The summed E-state index contributed by atoms with van der Waals surface area (Å²) in [6.07, 6.45) is 10.5. The van der Waals surface area contributed by atoms with Gasteiger partial charge in [-0.2, -0.15) is 0 Å². The third-order valence-electron chi connectivity index (χ3n) is 5.49. The lowest BCUT2D eigenvalue weighted by atomic mass is 10.1. The number of fused-ring (bicyclic) bond motifs is 4. The molecule has 6 heteroatoms. The molecule has 28 heavy (non-hydrogen) atoms. The largest absolute Gasteiger partial charge is 0.497 e. The maximum Gasteiger partial charge on any atom is 0.154 e. The SMILES string of the molecule is COc1ccc2c(c1)c(-c1cc3c([nH]1)N=CC1=CCCC=C(CN)N13)cn2C. The molecular weight excluding hydrogens is 350 g/mol. The zero-order valence-electron chi connectivity index (χ0n) is 16.1. The number of allylic oxidation sites excluding steroid dienone is 3. The monoisotopic (exact) mass is 373 g/mol. The van der Waals surface area contributed by atoms with Gasteiger partial charge >= 0.3 is 0 Å². The van der Waals surface area contributed by atoms with Gasteiger partial charge in [0.25, 0.3) is 0 Å². The van der Waals surface area contributed by atoms with Gasteiger partial charge in [0.2, 0.25) is 0 Å². The molecule has 142 valence electrons. The van der Waals surface area contributed by atoms with Crippen LogP contribution in [-0.4, -0.2) is 29.4 Å². The molecule has 5 rings (SSSR count). The number of benzene rings is 1. The number of nitrogens with zero attached hydrogens (tertiary/aromatic N) is 3. The Kier molecular flexibility index (Phi) is 3.87. The Balaban J connectivity index is 1.68. The first-order chi connectivity index (χ1) is 13.7. The highest BCUT2D eigenvalue weighted by molar-refractivity contribution is 6.00. The van der Waals surface area contributed by atoms with Crippen molar-refractivity contribution in [2.45, 2.75) is 12.8 Å². The summed E-state index contributed by atoms with van der Waals surface area (Å²) in [7, 11) is 3.75. The van der Waals surface area contributed by atoms with Crippen LogP contribution in [0.1, 0.15) is 12.8 Å². The molecule has 6 nitrogen and oxygen atoms in total. The van der Waals surface area contributed by atoms with Crippen LogP contribution in [0.15, 0.2) is 59.0 Å². The van der Waals surface area contributed by atoms with Crippen molar-refractivity contribution in [1.29, 1.82) is 0 Å². The Bertz CT molecular complexity index is 1160. The summed E-state index contributed by atoms with van der Waals surface area (Å²) >= 11 is 0. The van der Waals surface area contributed by atoms with Crippen molar-refractivity contribution in [1.82, 2.24) is 9.55 Å². The van der Waals surface area contributed by atoms with Gasteiger partial charge in [0.15, 0.2) is 5.82 Å². The fourth-order valence-corrected chi connectivity index (χ4v) is 4.10. The third-order valence-corrected chi connectivity index (χ3v) is 5.49. The lowest BCUT2D eigenvalue weighted by molar-refractivity contribution is 0.415. The molecule has 0 atom stereocenters. The molecule has 3 N–H and O–H groups in total. The van der Waals surface area contributed by atoms with Crippen LogP contribution in [0.25, 0.3) is 22.2 Å². The van der Waals surface area contributed by atoms with Gasteiger partial charge in [-0.25, -0.2) is 4.99 Å². The lowest BCUT2D eigenvalue weighted by Crippen LogP contribution is -2.28. The summed E-state index contributed by atoms with van der Waals surface area (Å²) in [5.41, 5.74) is 12.6. The van der Waals surface area contributed by atoms with Crippen molar-refractivity contribution in [2.24, 2.45) is 17.8 Å². The standard InChI is InChI=1S/C22H23N5O/c1-26-13-18(17-9-16(28-2)7-8-20(17)26)19-10-21-22(25-19)24-12-15-6-4-3-5-14(11-23)27(15)21/h5-10,12-13,25H,3-4,11,23H2,1-2H3. The second kappa shape index (κ2) is 6.42. The quantitative estimate of drug-likeness (QED) is 0.722. The molecule has 0 unspecified atom stereocenters. The average Bonchev–Trinajstić information content (AvgIpc) is 3.21. The van der Waals surface area contributed by atoms with Gasteiger partial charge in [0, 0.05) is 42.0 Å². The minimum atomic E-state index is 0.497. The van der Waals surface area contributed by atoms with E-state index in [9.17, 15) is 0 Å². The van der Waals surface area contributed by atoms with E-state index in [4.69, 9.17) is 10.5 Å². The fourth-order valence-electron chi connectivity index (χ4n) is 4.10. The highest BCUT2D eigenvalue weighted by Crippen LogP contribution is 2.42. The van der Waals surface area contributed by atoms with Crippen LogP contribution in [0.3, 0.4) is 0 Å². The number of H-pyrrole nitrogens is 1. The van der Waals surface area contributed by atoms with Gasteiger partial charge in [0.1, 0.15) is 5.75 Å². The Labute approximate surface area is 163 Å². The minimum Gasteiger partial charge on any atom is -0.497 e. The Morgan fingerprint density at radius 3 is 2.89 bits per heavy atom. The Morgan fingerprint density at radius 1 is 1.21 bits per heavy atom. The van der Waals surface area contributed by atoms with E-state index in [0.29, 0.717) is 6.54 Å².